The highest BCUT2D eigenvalue weighted by atomic mass is 16.5. The van der Waals surface area contributed by atoms with E-state index in [4.69, 9.17) is 9.47 Å². The Kier molecular flexibility index (Phi) is 10.7. The monoisotopic (exact) mass is 446 g/mol. The molecule has 0 aliphatic heterocycles. The van der Waals surface area contributed by atoms with Gasteiger partial charge in [-0.15, -0.1) is 0 Å². The van der Waals surface area contributed by atoms with Crippen LogP contribution in [0.15, 0.2) is 115 Å². The van der Waals surface area contributed by atoms with E-state index in [1.807, 2.05) is 93.6 Å². The van der Waals surface area contributed by atoms with Crippen LogP contribution >= 0.6 is 0 Å². The van der Waals surface area contributed by atoms with Gasteiger partial charge in [0, 0.05) is 12.3 Å². The van der Waals surface area contributed by atoms with Crippen LogP contribution < -0.4 is 4.74 Å². The van der Waals surface area contributed by atoms with Crippen molar-refractivity contribution in [3.05, 3.63) is 115 Å². The molecule has 1 aromatic carbocycles. The van der Waals surface area contributed by atoms with E-state index in [1.54, 1.807) is 6.08 Å². The van der Waals surface area contributed by atoms with Crippen molar-refractivity contribution in [3.8, 4) is 5.75 Å². The Balaban J connectivity index is 2.15. The van der Waals surface area contributed by atoms with Crippen LogP contribution in [0.25, 0.3) is 0 Å². The fourth-order valence-electron chi connectivity index (χ4n) is 3.84. The molecular formula is C30H38O3. The Morgan fingerprint density at radius 1 is 1.24 bits per heavy atom. The molecule has 176 valence electrons. The van der Waals surface area contributed by atoms with E-state index in [2.05, 4.69) is 25.7 Å². The van der Waals surface area contributed by atoms with Crippen molar-refractivity contribution in [2.45, 2.75) is 46.1 Å². The van der Waals surface area contributed by atoms with Crippen molar-refractivity contribution in [2.75, 3.05) is 6.61 Å². The number of para-hydroxylation sites is 1. The largest absolute Gasteiger partial charge is 0.490 e. The van der Waals surface area contributed by atoms with Crippen LogP contribution in [0.4, 0.5) is 0 Å². The van der Waals surface area contributed by atoms with Crippen molar-refractivity contribution in [2.24, 2.45) is 11.8 Å². The molecular weight excluding hydrogens is 408 g/mol. The lowest BCUT2D eigenvalue weighted by molar-refractivity contribution is -0.00448. The third kappa shape index (κ3) is 7.50. The molecule has 2 rings (SSSR count). The maximum Gasteiger partial charge on any atom is 0.122 e. The molecule has 0 spiro atoms. The number of hydrogen-bond acceptors (Lipinski definition) is 3. The zero-order chi connectivity index (χ0) is 24.1. The molecule has 2 atom stereocenters. The van der Waals surface area contributed by atoms with Crippen LogP contribution in [-0.2, 0) is 4.74 Å². The Morgan fingerprint density at radius 3 is 2.58 bits per heavy atom. The summed E-state index contributed by atoms with van der Waals surface area (Å²) in [5, 5.41) is 11.9. The third-order valence-corrected chi connectivity index (χ3v) is 5.73. The summed E-state index contributed by atoms with van der Waals surface area (Å²) in [4.78, 5) is 0. The van der Waals surface area contributed by atoms with Gasteiger partial charge in [-0.2, -0.15) is 0 Å². The molecule has 1 unspecified atom stereocenters. The van der Waals surface area contributed by atoms with Crippen LogP contribution in [0.3, 0.4) is 0 Å². The normalized spacial score (nSPS) is 19.1. The zero-order valence-corrected chi connectivity index (χ0v) is 20.4. The van der Waals surface area contributed by atoms with E-state index in [0.717, 1.165) is 29.3 Å². The van der Waals surface area contributed by atoms with E-state index in [1.165, 1.54) is 0 Å². The topological polar surface area (TPSA) is 38.7 Å². The fourth-order valence-corrected chi connectivity index (χ4v) is 3.84. The predicted molar refractivity (Wildman–Crippen MR) is 139 cm³/mol. The minimum absolute atomic E-state index is 0.00491. The van der Waals surface area contributed by atoms with Crippen molar-refractivity contribution in [1.82, 2.24) is 0 Å². The fraction of sp³-hybridized carbons (Fsp3) is 0.333. The molecule has 1 N–H and O–H groups in total. The van der Waals surface area contributed by atoms with Crippen LogP contribution in [-0.4, -0.2) is 17.3 Å². The standard InChI is InChI=1S/C30H38O3/c1-6-9-16-27(8-3)33-29-21-19-26(20-22-29)30(31,24(4)5)25(14-7-2)15-13-23-32-28-17-11-10-12-18-28/h6-7,9-19,21-22,24,26,31H,2,8,20,23H2,1,3-5H3/b9-6-,15-13-,25-14+,27-16+/t26-,30?/m1/s1. The second kappa shape index (κ2) is 13.5. The van der Waals surface area contributed by atoms with Gasteiger partial charge in [0.05, 0.1) is 5.60 Å². The lowest BCUT2D eigenvalue weighted by Gasteiger charge is -2.40. The summed E-state index contributed by atoms with van der Waals surface area (Å²) < 4.78 is 11.8. The van der Waals surface area contributed by atoms with Gasteiger partial charge in [-0.05, 0) is 61.3 Å². The van der Waals surface area contributed by atoms with Crippen LogP contribution in [0, 0.1) is 11.8 Å². The van der Waals surface area contributed by atoms with Crippen LogP contribution in [0.2, 0.25) is 0 Å². The van der Waals surface area contributed by atoms with E-state index in [0.29, 0.717) is 13.0 Å². The molecule has 1 aliphatic carbocycles. The first-order valence-corrected chi connectivity index (χ1v) is 11.7. The highest BCUT2D eigenvalue weighted by Crippen LogP contribution is 2.39. The summed E-state index contributed by atoms with van der Waals surface area (Å²) in [6.45, 7) is 12.4. The molecule has 0 saturated carbocycles. The molecule has 3 heteroatoms. The summed E-state index contributed by atoms with van der Waals surface area (Å²) in [5.41, 5.74) is -0.233. The number of benzene rings is 1. The molecule has 1 aromatic rings. The average Bonchev–Trinajstić information content (AvgIpc) is 2.84. The molecule has 0 fully saturated rings. The first kappa shape index (κ1) is 26.2. The summed E-state index contributed by atoms with van der Waals surface area (Å²) in [7, 11) is 0. The summed E-state index contributed by atoms with van der Waals surface area (Å²) in [5.74, 6) is 2.46. The van der Waals surface area contributed by atoms with Crippen molar-refractivity contribution in [3.63, 3.8) is 0 Å². The average molecular weight is 447 g/mol. The van der Waals surface area contributed by atoms with Gasteiger partial charge >= 0.3 is 0 Å². The number of allylic oxidation sites excluding steroid dienone is 8. The first-order chi connectivity index (χ1) is 15.9. The summed E-state index contributed by atoms with van der Waals surface area (Å²) in [6.07, 6.45) is 21.0. The van der Waals surface area contributed by atoms with Crippen molar-refractivity contribution >= 4 is 0 Å². The minimum atomic E-state index is -1.05. The van der Waals surface area contributed by atoms with Gasteiger partial charge in [-0.1, -0.05) is 82.0 Å². The Bertz CT molecular complexity index is 929. The minimum Gasteiger partial charge on any atom is -0.490 e. The Hall–Kier alpha value is -3.04. The molecule has 3 nitrogen and oxygen atoms in total. The van der Waals surface area contributed by atoms with Gasteiger partial charge in [-0.25, -0.2) is 0 Å². The predicted octanol–water partition coefficient (Wildman–Crippen LogP) is 7.47. The molecule has 1 aliphatic rings. The molecule has 0 heterocycles. The molecule has 0 amide bonds. The van der Waals surface area contributed by atoms with Gasteiger partial charge in [0.1, 0.15) is 23.9 Å². The number of hydrogen-bond donors (Lipinski definition) is 1. The van der Waals surface area contributed by atoms with E-state index >= 15 is 0 Å². The molecule has 0 aromatic heterocycles. The zero-order valence-electron chi connectivity index (χ0n) is 20.4. The smallest absolute Gasteiger partial charge is 0.122 e. The van der Waals surface area contributed by atoms with Gasteiger partial charge < -0.3 is 14.6 Å². The third-order valence-electron chi connectivity index (χ3n) is 5.73. The molecule has 0 bridgehead atoms. The SMILES string of the molecule is C=C/C=C(\C=C/COc1ccccc1)C(O)(C(C)C)[C@@H]1C=CC(O/C(=C/C=C\C)CC)=CC1. The summed E-state index contributed by atoms with van der Waals surface area (Å²) >= 11 is 0. The second-order valence-corrected chi connectivity index (χ2v) is 8.29. The first-order valence-electron chi connectivity index (χ1n) is 11.7. The van der Waals surface area contributed by atoms with Crippen LogP contribution in [0.5, 0.6) is 5.75 Å². The van der Waals surface area contributed by atoms with Gasteiger partial charge in [0.15, 0.2) is 0 Å². The maximum absolute atomic E-state index is 11.9. The van der Waals surface area contributed by atoms with Gasteiger partial charge in [-0.3, -0.25) is 0 Å². The highest BCUT2D eigenvalue weighted by molar-refractivity contribution is 5.37. The van der Waals surface area contributed by atoms with Crippen molar-refractivity contribution in [1.29, 1.82) is 0 Å². The Labute approximate surface area is 199 Å². The Morgan fingerprint density at radius 2 is 2.00 bits per heavy atom. The lowest BCUT2D eigenvalue weighted by Crippen LogP contribution is -2.44. The number of ether oxygens (including phenoxy) is 2. The number of aliphatic hydroxyl groups is 1. The van der Waals surface area contributed by atoms with E-state index in [-0.39, 0.29) is 11.8 Å². The van der Waals surface area contributed by atoms with E-state index < -0.39 is 5.60 Å². The van der Waals surface area contributed by atoms with Crippen molar-refractivity contribution < 1.29 is 14.6 Å². The second-order valence-electron chi connectivity index (χ2n) is 8.29. The van der Waals surface area contributed by atoms with Gasteiger partial charge in [0.2, 0.25) is 0 Å². The quantitative estimate of drug-likeness (QED) is 0.267. The molecule has 33 heavy (non-hydrogen) atoms. The number of rotatable bonds is 12. The highest BCUT2D eigenvalue weighted by Gasteiger charge is 2.41. The maximum atomic E-state index is 11.9. The molecule has 0 saturated heterocycles. The van der Waals surface area contributed by atoms with E-state index in [9.17, 15) is 5.11 Å². The van der Waals surface area contributed by atoms with Crippen LogP contribution in [0.1, 0.15) is 40.5 Å². The summed E-state index contributed by atoms with van der Waals surface area (Å²) in [6, 6.07) is 9.70. The lowest BCUT2D eigenvalue weighted by atomic mass is 9.70. The molecule has 0 radical (unpaired) electrons. The van der Waals surface area contributed by atoms with Gasteiger partial charge in [0.25, 0.3) is 0 Å².